The molecule has 0 unspecified atom stereocenters. The van der Waals surface area contributed by atoms with Crippen LogP contribution in [-0.4, -0.2) is 33.7 Å². The number of anilines is 1. The van der Waals surface area contributed by atoms with Crippen LogP contribution in [-0.2, 0) is 16.1 Å². The molecule has 0 atom stereocenters. The first kappa shape index (κ1) is 21.5. The smallest absolute Gasteiger partial charge is 0.262 e. The molecule has 0 saturated carbocycles. The van der Waals surface area contributed by atoms with Crippen molar-refractivity contribution in [3.05, 3.63) is 64.7 Å². The summed E-state index contributed by atoms with van der Waals surface area (Å²) < 4.78 is 14.5. The lowest BCUT2D eigenvalue weighted by Crippen LogP contribution is -2.34. The molecule has 2 amide bonds. The second-order valence-corrected chi connectivity index (χ2v) is 7.43. The Hall–Kier alpha value is -3.20. The van der Waals surface area contributed by atoms with Crippen molar-refractivity contribution >= 4 is 40.2 Å². The van der Waals surface area contributed by atoms with Gasteiger partial charge in [-0.15, -0.1) is 0 Å². The molecule has 2 aromatic carbocycles. The molecule has 0 aliphatic rings. The lowest BCUT2D eigenvalue weighted by molar-refractivity contribution is -0.122. The van der Waals surface area contributed by atoms with Gasteiger partial charge < -0.3 is 10.6 Å². The minimum absolute atomic E-state index is 0.0122. The molecule has 30 heavy (non-hydrogen) atoms. The molecule has 1 aromatic heterocycles. The van der Waals surface area contributed by atoms with Gasteiger partial charge in [-0.3, -0.25) is 19.0 Å². The van der Waals surface area contributed by atoms with Gasteiger partial charge in [0, 0.05) is 12.2 Å². The van der Waals surface area contributed by atoms with E-state index in [-0.39, 0.29) is 23.8 Å². The molecular weight excluding hydrogens is 407 g/mol. The molecule has 9 heteroatoms. The zero-order valence-electron chi connectivity index (χ0n) is 16.4. The Balaban J connectivity index is 1.59. The van der Waals surface area contributed by atoms with Gasteiger partial charge in [-0.2, -0.15) is 0 Å². The number of hydrogen-bond acceptors (Lipinski definition) is 5. The maximum Gasteiger partial charge on any atom is 0.262 e. The summed E-state index contributed by atoms with van der Waals surface area (Å²) in [7, 11) is 0. The van der Waals surface area contributed by atoms with Gasteiger partial charge in [-0.25, -0.2) is 9.37 Å². The summed E-state index contributed by atoms with van der Waals surface area (Å²) in [6.45, 7) is 2.24. The Bertz CT molecular complexity index is 1120. The fourth-order valence-electron chi connectivity index (χ4n) is 2.78. The quantitative estimate of drug-likeness (QED) is 0.425. The van der Waals surface area contributed by atoms with Crippen LogP contribution in [0.3, 0.4) is 0 Å². The number of nitrogens with one attached hydrogen (secondary N) is 2. The summed E-state index contributed by atoms with van der Waals surface area (Å²) in [6, 6.07) is 12.4. The van der Waals surface area contributed by atoms with Crippen molar-refractivity contribution in [3.8, 4) is 0 Å². The van der Waals surface area contributed by atoms with Crippen molar-refractivity contribution in [2.45, 2.75) is 25.0 Å². The summed E-state index contributed by atoms with van der Waals surface area (Å²) >= 11 is 1.15. The maximum atomic E-state index is 12.9. The zero-order chi connectivity index (χ0) is 21.5. The third-order valence-electron chi connectivity index (χ3n) is 4.18. The van der Waals surface area contributed by atoms with E-state index in [0.717, 1.165) is 18.2 Å². The highest BCUT2D eigenvalue weighted by molar-refractivity contribution is 7.99. The molecule has 156 valence electrons. The van der Waals surface area contributed by atoms with E-state index in [9.17, 15) is 18.8 Å². The van der Waals surface area contributed by atoms with Gasteiger partial charge in [-0.1, -0.05) is 30.8 Å². The Labute approximate surface area is 176 Å². The van der Waals surface area contributed by atoms with E-state index >= 15 is 0 Å². The molecule has 0 fully saturated rings. The fourth-order valence-corrected chi connectivity index (χ4v) is 3.63. The predicted molar refractivity (Wildman–Crippen MR) is 115 cm³/mol. The van der Waals surface area contributed by atoms with Crippen LogP contribution in [0.2, 0.25) is 0 Å². The van der Waals surface area contributed by atoms with E-state index in [4.69, 9.17) is 0 Å². The molecule has 3 aromatic rings. The zero-order valence-corrected chi connectivity index (χ0v) is 17.2. The summed E-state index contributed by atoms with van der Waals surface area (Å²) in [6.07, 6.45) is 0.753. The minimum atomic E-state index is -0.424. The fraction of sp³-hybridized carbons (Fsp3) is 0.238. The van der Waals surface area contributed by atoms with Gasteiger partial charge in [0.2, 0.25) is 11.8 Å². The number of nitrogens with zero attached hydrogens (tertiary/aromatic N) is 2. The molecule has 7 nitrogen and oxygen atoms in total. The average Bonchev–Trinajstić information content (AvgIpc) is 2.75. The first-order valence-corrected chi connectivity index (χ1v) is 10.4. The number of aromatic nitrogens is 2. The molecule has 1 heterocycles. The number of fused-ring (bicyclic) bond motifs is 1. The Morgan fingerprint density at radius 3 is 2.57 bits per heavy atom. The Morgan fingerprint density at radius 1 is 1.10 bits per heavy atom. The number of benzene rings is 2. The van der Waals surface area contributed by atoms with E-state index in [1.807, 2.05) is 6.92 Å². The van der Waals surface area contributed by atoms with Gasteiger partial charge in [0.15, 0.2) is 5.16 Å². The largest absolute Gasteiger partial charge is 0.346 e. The monoisotopic (exact) mass is 428 g/mol. The number of hydrogen-bond donors (Lipinski definition) is 2. The first-order valence-electron chi connectivity index (χ1n) is 9.42. The highest BCUT2D eigenvalue weighted by atomic mass is 32.2. The molecule has 0 bridgehead atoms. The van der Waals surface area contributed by atoms with Crippen molar-refractivity contribution in [3.63, 3.8) is 0 Å². The van der Waals surface area contributed by atoms with Crippen LogP contribution in [0.5, 0.6) is 0 Å². The third kappa shape index (κ3) is 5.44. The second-order valence-electron chi connectivity index (χ2n) is 6.49. The summed E-state index contributed by atoms with van der Waals surface area (Å²) in [4.78, 5) is 41.3. The molecule has 0 aliphatic heterocycles. The van der Waals surface area contributed by atoms with Crippen LogP contribution in [0.1, 0.15) is 13.3 Å². The van der Waals surface area contributed by atoms with Gasteiger partial charge in [-0.05, 0) is 42.8 Å². The van der Waals surface area contributed by atoms with E-state index in [2.05, 4.69) is 15.6 Å². The number of thioether (sulfide) groups is 1. The lowest BCUT2D eigenvalue weighted by Gasteiger charge is -2.12. The van der Waals surface area contributed by atoms with Crippen LogP contribution >= 0.6 is 11.8 Å². The highest BCUT2D eigenvalue weighted by Crippen LogP contribution is 2.18. The van der Waals surface area contributed by atoms with Crippen molar-refractivity contribution in [1.29, 1.82) is 0 Å². The topological polar surface area (TPSA) is 93.1 Å². The van der Waals surface area contributed by atoms with Gasteiger partial charge >= 0.3 is 0 Å². The van der Waals surface area contributed by atoms with Crippen molar-refractivity contribution in [1.82, 2.24) is 14.9 Å². The molecule has 0 radical (unpaired) electrons. The number of amides is 2. The van der Waals surface area contributed by atoms with E-state index in [1.165, 1.54) is 24.3 Å². The molecule has 3 rings (SSSR count). The van der Waals surface area contributed by atoms with Gasteiger partial charge in [0.05, 0.1) is 23.2 Å². The standard InChI is InChI=1S/C21H21FN4O3S/c1-2-11-26-20(29)16-5-3-4-6-17(16)25-21(26)30-13-19(28)23-12-18(27)24-15-9-7-14(22)8-10-15/h3-10H,2,11-13H2,1H3,(H,23,28)(H,24,27). The number of rotatable bonds is 8. The third-order valence-corrected chi connectivity index (χ3v) is 5.16. The maximum absolute atomic E-state index is 12.9. The Morgan fingerprint density at radius 2 is 1.83 bits per heavy atom. The van der Waals surface area contributed by atoms with E-state index in [1.54, 1.807) is 28.8 Å². The van der Waals surface area contributed by atoms with Crippen LogP contribution < -0.4 is 16.2 Å². The molecule has 0 saturated heterocycles. The van der Waals surface area contributed by atoms with Crippen LogP contribution in [0, 0.1) is 5.82 Å². The number of carbonyl (C=O) groups excluding carboxylic acids is 2. The lowest BCUT2D eigenvalue weighted by atomic mass is 10.2. The summed E-state index contributed by atoms with van der Waals surface area (Å²) in [5.74, 6) is -1.17. The average molecular weight is 428 g/mol. The van der Waals surface area contributed by atoms with Crippen molar-refractivity contribution in [2.24, 2.45) is 0 Å². The van der Waals surface area contributed by atoms with Crippen molar-refractivity contribution < 1.29 is 14.0 Å². The highest BCUT2D eigenvalue weighted by Gasteiger charge is 2.13. The van der Waals surface area contributed by atoms with E-state index < -0.39 is 11.7 Å². The van der Waals surface area contributed by atoms with Crippen LogP contribution in [0.25, 0.3) is 10.9 Å². The van der Waals surface area contributed by atoms with Crippen LogP contribution in [0.4, 0.5) is 10.1 Å². The normalized spacial score (nSPS) is 10.7. The van der Waals surface area contributed by atoms with Gasteiger partial charge in [0.1, 0.15) is 5.82 Å². The Kier molecular flexibility index (Phi) is 7.18. The predicted octanol–water partition coefficient (Wildman–Crippen LogP) is 2.79. The number of para-hydroxylation sites is 1. The minimum Gasteiger partial charge on any atom is -0.346 e. The molecular formula is C21H21FN4O3S. The van der Waals surface area contributed by atoms with Crippen molar-refractivity contribution in [2.75, 3.05) is 17.6 Å². The van der Waals surface area contributed by atoms with E-state index in [0.29, 0.717) is 28.3 Å². The summed E-state index contributed by atoms with van der Waals surface area (Å²) in [5.41, 5.74) is 0.884. The number of carbonyl (C=O) groups is 2. The SMILES string of the molecule is CCCn1c(SCC(=O)NCC(=O)Nc2ccc(F)cc2)nc2ccccc2c1=O. The first-order chi connectivity index (χ1) is 14.5. The summed E-state index contributed by atoms with van der Waals surface area (Å²) in [5, 5.41) is 6.10. The van der Waals surface area contributed by atoms with Gasteiger partial charge in [0.25, 0.3) is 5.56 Å². The van der Waals surface area contributed by atoms with Crippen LogP contribution in [0.15, 0.2) is 58.5 Å². The number of halogens is 1. The molecule has 2 N–H and O–H groups in total. The molecule has 0 aliphatic carbocycles. The molecule has 0 spiro atoms. The second kappa shape index (κ2) is 10.0.